The smallest absolute Gasteiger partial charge is 0.123 e. The normalized spacial score (nSPS) is 11.9. The van der Waals surface area contributed by atoms with Gasteiger partial charge in [-0.15, -0.1) is 0 Å². The third-order valence-corrected chi connectivity index (χ3v) is 2.73. The maximum atomic E-state index is 6.13. The van der Waals surface area contributed by atoms with E-state index in [0.717, 1.165) is 18.8 Å². The van der Waals surface area contributed by atoms with Gasteiger partial charge in [-0.25, -0.2) is 0 Å². The standard InChI is InChI=1S/C15H25NO/c1-6-16-11-15(4,5)17-14-10-8-7-9-13(14)12(2)3/h7-10,12,16H,6,11H2,1-5H3. The molecular weight excluding hydrogens is 210 g/mol. The Hall–Kier alpha value is -1.02. The van der Waals surface area contributed by atoms with Gasteiger partial charge in [-0.2, -0.15) is 0 Å². The molecule has 1 aromatic carbocycles. The molecule has 0 saturated heterocycles. The molecule has 0 radical (unpaired) electrons. The maximum absolute atomic E-state index is 6.13. The lowest BCUT2D eigenvalue weighted by Gasteiger charge is -2.28. The molecule has 0 fully saturated rings. The van der Waals surface area contributed by atoms with Crippen molar-refractivity contribution in [2.45, 2.75) is 46.1 Å². The average Bonchev–Trinajstić information content (AvgIpc) is 2.26. The van der Waals surface area contributed by atoms with E-state index in [1.54, 1.807) is 0 Å². The van der Waals surface area contributed by atoms with E-state index in [0.29, 0.717) is 5.92 Å². The molecule has 2 heteroatoms. The van der Waals surface area contributed by atoms with E-state index in [9.17, 15) is 0 Å². The number of para-hydroxylation sites is 1. The van der Waals surface area contributed by atoms with Gasteiger partial charge in [-0.05, 0) is 37.9 Å². The molecule has 0 aliphatic rings. The molecule has 0 aliphatic carbocycles. The summed E-state index contributed by atoms with van der Waals surface area (Å²) >= 11 is 0. The summed E-state index contributed by atoms with van der Waals surface area (Å²) in [7, 11) is 0. The lowest BCUT2D eigenvalue weighted by Crippen LogP contribution is -2.40. The Labute approximate surface area is 105 Å². The Morgan fingerprint density at radius 3 is 2.47 bits per heavy atom. The second-order valence-corrected chi connectivity index (χ2v) is 5.33. The number of rotatable bonds is 6. The van der Waals surface area contributed by atoms with Crippen LogP contribution < -0.4 is 10.1 Å². The molecule has 96 valence electrons. The second kappa shape index (κ2) is 6.06. The largest absolute Gasteiger partial charge is 0.486 e. The summed E-state index contributed by atoms with van der Waals surface area (Å²) in [6.07, 6.45) is 0. The molecule has 0 saturated carbocycles. The topological polar surface area (TPSA) is 21.3 Å². The van der Waals surface area contributed by atoms with Crippen LogP contribution in [-0.4, -0.2) is 18.7 Å². The molecule has 0 unspecified atom stereocenters. The molecule has 0 heterocycles. The van der Waals surface area contributed by atoms with Crippen LogP contribution in [0.5, 0.6) is 5.75 Å². The Morgan fingerprint density at radius 2 is 1.88 bits per heavy atom. The first-order valence-corrected chi connectivity index (χ1v) is 6.45. The van der Waals surface area contributed by atoms with Crippen LogP contribution >= 0.6 is 0 Å². The Morgan fingerprint density at radius 1 is 1.24 bits per heavy atom. The molecule has 17 heavy (non-hydrogen) atoms. The molecule has 2 nitrogen and oxygen atoms in total. The van der Waals surface area contributed by atoms with Crippen molar-refractivity contribution < 1.29 is 4.74 Å². The van der Waals surface area contributed by atoms with E-state index < -0.39 is 0 Å². The van der Waals surface area contributed by atoms with Gasteiger partial charge < -0.3 is 10.1 Å². The minimum atomic E-state index is -0.180. The van der Waals surface area contributed by atoms with Gasteiger partial charge in [0.05, 0.1) is 0 Å². The van der Waals surface area contributed by atoms with Crippen molar-refractivity contribution in [1.82, 2.24) is 5.32 Å². The summed E-state index contributed by atoms with van der Waals surface area (Å²) in [5.74, 6) is 1.49. The van der Waals surface area contributed by atoms with Crippen molar-refractivity contribution in [3.8, 4) is 5.75 Å². The lowest BCUT2D eigenvalue weighted by atomic mass is 10.0. The van der Waals surface area contributed by atoms with Crippen LogP contribution in [0.1, 0.15) is 46.1 Å². The third kappa shape index (κ3) is 4.39. The zero-order valence-corrected chi connectivity index (χ0v) is 11.7. The fourth-order valence-corrected chi connectivity index (χ4v) is 1.81. The fourth-order valence-electron chi connectivity index (χ4n) is 1.81. The van der Waals surface area contributed by atoms with Gasteiger partial charge in [0.15, 0.2) is 0 Å². The molecule has 0 atom stereocenters. The molecule has 1 aromatic rings. The first-order chi connectivity index (χ1) is 7.96. The quantitative estimate of drug-likeness (QED) is 0.813. The molecule has 1 N–H and O–H groups in total. The van der Waals surface area contributed by atoms with E-state index in [1.807, 2.05) is 6.07 Å². The fraction of sp³-hybridized carbons (Fsp3) is 0.600. The predicted octanol–water partition coefficient (Wildman–Crippen LogP) is 3.58. The number of hydrogen-bond donors (Lipinski definition) is 1. The second-order valence-electron chi connectivity index (χ2n) is 5.33. The van der Waals surface area contributed by atoms with Crippen molar-refractivity contribution >= 4 is 0 Å². The first-order valence-electron chi connectivity index (χ1n) is 6.45. The van der Waals surface area contributed by atoms with Crippen LogP contribution in [0.25, 0.3) is 0 Å². The van der Waals surface area contributed by atoms with Crippen LogP contribution in [0.3, 0.4) is 0 Å². The van der Waals surface area contributed by atoms with E-state index in [1.165, 1.54) is 5.56 Å². The summed E-state index contributed by atoms with van der Waals surface area (Å²) in [6.45, 7) is 12.6. The molecule has 0 amide bonds. The van der Waals surface area contributed by atoms with Gasteiger partial charge in [-0.3, -0.25) is 0 Å². The van der Waals surface area contributed by atoms with Crippen LogP contribution in [0, 0.1) is 0 Å². The summed E-state index contributed by atoms with van der Waals surface area (Å²) in [5, 5.41) is 3.33. The predicted molar refractivity (Wildman–Crippen MR) is 73.8 cm³/mol. The zero-order chi connectivity index (χ0) is 12.9. The average molecular weight is 235 g/mol. The number of nitrogens with one attached hydrogen (secondary N) is 1. The van der Waals surface area contributed by atoms with Gasteiger partial charge in [0, 0.05) is 6.54 Å². The summed E-state index contributed by atoms with van der Waals surface area (Å²) in [4.78, 5) is 0. The van der Waals surface area contributed by atoms with Crippen molar-refractivity contribution in [2.75, 3.05) is 13.1 Å². The minimum Gasteiger partial charge on any atom is -0.486 e. The van der Waals surface area contributed by atoms with Crippen LogP contribution in [0.15, 0.2) is 24.3 Å². The van der Waals surface area contributed by atoms with Gasteiger partial charge in [0.2, 0.25) is 0 Å². The number of likely N-dealkylation sites (N-methyl/N-ethyl adjacent to an activating group) is 1. The van der Waals surface area contributed by atoms with Gasteiger partial charge in [-0.1, -0.05) is 39.0 Å². The highest BCUT2D eigenvalue weighted by atomic mass is 16.5. The summed E-state index contributed by atoms with van der Waals surface area (Å²) < 4.78 is 6.13. The Balaban J connectivity index is 2.80. The molecule has 0 bridgehead atoms. The van der Waals surface area contributed by atoms with Crippen LogP contribution in [-0.2, 0) is 0 Å². The number of benzene rings is 1. The highest BCUT2D eigenvalue weighted by Crippen LogP contribution is 2.28. The van der Waals surface area contributed by atoms with Crippen LogP contribution in [0.2, 0.25) is 0 Å². The van der Waals surface area contributed by atoms with E-state index in [2.05, 4.69) is 58.1 Å². The summed E-state index contributed by atoms with van der Waals surface area (Å²) in [6, 6.07) is 8.30. The monoisotopic (exact) mass is 235 g/mol. The lowest BCUT2D eigenvalue weighted by molar-refractivity contribution is 0.107. The SMILES string of the molecule is CCNCC(C)(C)Oc1ccccc1C(C)C. The van der Waals surface area contributed by atoms with E-state index >= 15 is 0 Å². The Bertz CT molecular complexity index is 345. The van der Waals surface area contributed by atoms with Crippen molar-refractivity contribution in [1.29, 1.82) is 0 Å². The van der Waals surface area contributed by atoms with E-state index in [-0.39, 0.29) is 5.60 Å². The Kier molecular flexibility index (Phi) is 5.01. The maximum Gasteiger partial charge on any atom is 0.123 e. The molecule has 0 aliphatic heterocycles. The van der Waals surface area contributed by atoms with Crippen LogP contribution in [0.4, 0.5) is 0 Å². The highest BCUT2D eigenvalue weighted by Gasteiger charge is 2.20. The number of ether oxygens (including phenoxy) is 1. The molecular formula is C15H25NO. The third-order valence-electron chi connectivity index (χ3n) is 2.73. The highest BCUT2D eigenvalue weighted by molar-refractivity contribution is 5.36. The zero-order valence-electron chi connectivity index (χ0n) is 11.7. The molecule has 1 rings (SSSR count). The van der Waals surface area contributed by atoms with Crippen molar-refractivity contribution in [3.63, 3.8) is 0 Å². The minimum absolute atomic E-state index is 0.180. The molecule has 0 spiro atoms. The van der Waals surface area contributed by atoms with Crippen molar-refractivity contribution in [2.24, 2.45) is 0 Å². The van der Waals surface area contributed by atoms with Gasteiger partial charge in [0.1, 0.15) is 11.4 Å². The van der Waals surface area contributed by atoms with Gasteiger partial charge >= 0.3 is 0 Å². The summed E-state index contributed by atoms with van der Waals surface area (Å²) in [5.41, 5.74) is 1.10. The van der Waals surface area contributed by atoms with Gasteiger partial charge in [0.25, 0.3) is 0 Å². The number of hydrogen-bond acceptors (Lipinski definition) is 2. The first kappa shape index (κ1) is 14.0. The molecule has 0 aromatic heterocycles. The van der Waals surface area contributed by atoms with E-state index in [4.69, 9.17) is 4.74 Å². The van der Waals surface area contributed by atoms with Crippen molar-refractivity contribution in [3.05, 3.63) is 29.8 Å².